The van der Waals surface area contributed by atoms with Crippen LogP contribution in [0.4, 0.5) is 0 Å². The second-order valence-corrected chi connectivity index (χ2v) is 23.8. The monoisotopic (exact) mass is 1080 g/mol. The van der Waals surface area contributed by atoms with Gasteiger partial charge in [-0.25, -0.2) is 0 Å². The van der Waals surface area contributed by atoms with Crippen molar-refractivity contribution in [3.05, 3.63) is 0 Å². The van der Waals surface area contributed by atoms with Crippen LogP contribution in [0.2, 0.25) is 0 Å². The van der Waals surface area contributed by atoms with Crippen molar-refractivity contribution in [3.63, 3.8) is 0 Å². The first-order valence-electron chi connectivity index (χ1n) is 32.1. The molecule has 0 saturated heterocycles. The normalized spacial score (nSPS) is 12.2. The molecule has 0 rings (SSSR count). The van der Waals surface area contributed by atoms with Crippen LogP contribution in [0, 0.1) is 0 Å². The highest BCUT2D eigenvalue weighted by Gasteiger charge is 2.30. The molecular weight excluding hydrogens is 961 g/mol. The van der Waals surface area contributed by atoms with Gasteiger partial charge >= 0.3 is 0 Å². The average Bonchev–Trinajstić information content (AvgIpc) is 3.37. The van der Waals surface area contributed by atoms with Gasteiger partial charge in [-0.2, -0.15) is 0 Å². The molecule has 0 N–H and O–H groups in total. The van der Waals surface area contributed by atoms with Crippen molar-refractivity contribution in [2.75, 3.05) is 13.2 Å². The Morgan fingerprint density at radius 2 is 0.375 bits per heavy atom. The first kappa shape index (κ1) is 71.6. The lowest BCUT2D eigenvalue weighted by Gasteiger charge is -2.29. The molecule has 426 valence electrons. The minimum Gasteiger partial charge on any atom is -0.483 e. The van der Waals surface area contributed by atoms with Gasteiger partial charge in [0.25, 0.3) is 0 Å². The third kappa shape index (κ3) is 54.4. The number of unbranched alkanes of at least 4 members (excludes halogenated alkanes) is 44. The Morgan fingerprint density at radius 3 is 0.556 bits per heavy atom. The minimum absolute atomic E-state index is 0.260. The highest BCUT2D eigenvalue weighted by molar-refractivity contribution is 7.80. The molecule has 72 heavy (non-hydrogen) atoms. The van der Waals surface area contributed by atoms with E-state index in [1.165, 1.54) is 283 Å². The van der Waals surface area contributed by atoms with Crippen LogP contribution in [0.25, 0.3) is 0 Å². The second kappa shape index (κ2) is 59.8. The Hall–Kier alpha value is -0.440. The number of hydrogen-bond acceptors (Lipinski definition) is 8. The van der Waals surface area contributed by atoms with E-state index in [4.69, 9.17) is 67.8 Å². The zero-order chi connectivity index (χ0) is 52.5. The van der Waals surface area contributed by atoms with E-state index in [9.17, 15) is 0 Å². The Bertz CT molecular complexity index is 1080. The fraction of sp³-hybridized carbons (Fsp3) is 0.938. The minimum atomic E-state index is -0.496. The molecular formula is C64H122O4S4. The van der Waals surface area contributed by atoms with Crippen LogP contribution in [-0.2, 0) is 18.9 Å². The maximum Gasteiger partial charge on any atom is 0.173 e. The van der Waals surface area contributed by atoms with Gasteiger partial charge in [-0.1, -0.05) is 310 Å². The van der Waals surface area contributed by atoms with Crippen LogP contribution in [0.15, 0.2) is 0 Å². The molecule has 4 nitrogen and oxygen atoms in total. The predicted octanol–water partition coefficient (Wildman–Crippen LogP) is 23.5. The quantitative estimate of drug-likeness (QED) is 0.0441. The van der Waals surface area contributed by atoms with E-state index in [0.717, 1.165) is 51.4 Å². The number of ether oxygens (including phenoxy) is 4. The second-order valence-electron chi connectivity index (χ2n) is 22.0. The Morgan fingerprint density at radius 1 is 0.222 bits per heavy atom. The number of thiocarbonyl (C=S) groups is 4. The number of hydrogen-bond donors (Lipinski definition) is 0. The summed E-state index contributed by atoms with van der Waals surface area (Å²) in [7, 11) is 0. The van der Waals surface area contributed by atoms with Crippen LogP contribution in [0.1, 0.15) is 362 Å². The molecule has 0 heterocycles. The van der Waals surface area contributed by atoms with Gasteiger partial charge in [0.05, 0.1) is 0 Å². The van der Waals surface area contributed by atoms with Gasteiger partial charge in [0.2, 0.25) is 0 Å². The fourth-order valence-electron chi connectivity index (χ4n) is 9.83. The van der Waals surface area contributed by atoms with Gasteiger partial charge < -0.3 is 18.9 Å². The van der Waals surface area contributed by atoms with Crippen molar-refractivity contribution < 1.29 is 18.9 Å². The standard InChI is InChI=1S/C64H122O4S4/c1-5-9-13-17-21-25-29-33-37-41-45-49-53-61(69)65-57-59(67-63(71)55-51-47-43-39-35-31-27-23-19-15-11-7-3)60(68-64(72)56-52-48-44-40-36-32-28-24-20-16-12-8-4)58-66-62(70)54-50-46-42-38-34-30-26-22-18-14-10-6-2/h59-60H,5-58H2,1-4H3/t59-,60+. The average molecular weight is 1080 g/mol. The predicted molar refractivity (Wildman–Crippen MR) is 335 cm³/mol. The first-order valence-corrected chi connectivity index (χ1v) is 33.7. The summed E-state index contributed by atoms with van der Waals surface area (Å²) in [6.07, 6.45) is 65.2. The third-order valence-corrected chi connectivity index (χ3v) is 16.0. The molecule has 8 heteroatoms. The lowest BCUT2D eigenvalue weighted by atomic mass is 10.0. The molecule has 0 aliphatic rings. The Kier molecular flexibility index (Phi) is 59.4. The molecule has 0 amide bonds. The topological polar surface area (TPSA) is 36.9 Å². The zero-order valence-electron chi connectivity index (χ0n) is 48.6. The van der Waals surface area contributed by atoms with E-state index < -0.39 is 12.2 Å². The maximum atomic E-state index is 6.65. The van der Waals surface area contributed by atoms with Gasteiger partial charge in [-0.3, -0.25) is 0 Å². The SMILES string of the molecule is CCCCCCCCCCCCCCC(=S)OC[C@H](OC(=S)CCCCCCCCCCCCCC)[C@@H](COC(=S)CCCCCCCCCCCCCC)OC(=S)CCCCCCCCCCCCCC. The summed E-state index contributed by atoms with van der Waals surface area (Å²) < 4.78 is 26.0. The summed E-state index contributed by atoms with van der Waals surface area (Å²) in [6, 6.07) is 0. The van der Waals surface area contributed by atoms with Crippen molar-refractivity contribution in [2.24, 2.45) is 0 Å². The summed E-state index contributed by atoms with van der Waals surface area (Å²) in [5.74, 6) is 0. The Balaban J connectivity index is 5.38. The fourth-order valence-corrected chi connectivity index (χ4v) is 10.8. The summed E-state index contributed by atoms with van der Waals surface area (Å²) in [5.41, 5.74) is 0. The summed E-state index contributed by atoms with van der Waals surface area (Å²) in [6.45, 7) is 9.69. The zero-order valence-corrected chi connectivity index (χ0v) is 51.9. The van der Waals surface area contributed by atoms with Crippen LogP contribution in [0.5, 0.6) is 0 Å². The molecule has 0 saturated carbocycles. The van der Waals surface area contributed by atoms with Crippen molar-refractivity contribution in [2.45, 2.75) is 374 Å². The molecule has 0 aromatic heterocycles. The largest absolute Gasteiger partial charge is 0.483 e. The van der Waals surface area contributed by atoms with Gasteiger partial charge in [0.1, 0.15) is 13.2 Å². The molecule has 0 unspecified atom stereocenters. The van der Waals surface area contributed by atoms with Crippen LogP contribution in [-0.4, -0.2) is 45.6 Å². The summed E-state index contributed by atoms with van der Waals surface area (Å²) in [5, 5.41) is 2.51. The molecule has 0 aliphatic carbocycles. The third-order valence-electron chi connectivity index (χ3n) is 14.7. The Labute approximate surface area is 472 Å². The molecule has 0 aromatic rings. The van der Waals surface area contributed by atoms with Gasteiger partial charge in [0, 0.05) is 25.7 Å². The lowest BCUT2D eigenvalue weighted by molar-refractivity contribution is -0.0173. The first-order chi connectivity index (χ1) is 35.4. The van der Waals surface area contributed by atoms with Crippen LogP contribution >= 0.6 is 48.9 Å². The van der Waals surface area contributed by atoms with E-state index >= 15 is 0 Å². The smallest absolute Gasteiger partial charge is 0.173 e. The summed E-state index contributed by atoms with van der Waals surface area (Å²) in [4.78, 5) is 0. The van der Waals surface area contributed by atoms with Gasteiger partial charge in [-0.15, -0.1) is 0 Å². The highest BCUT2D eigenvalue weighted by Crippen LogP contribution is 2.20. The summed E-state index contributed by atoms with van der Waals surface area (Å²) >= 11 is 23.6. The molecule has 0 radical (unpaired) electrons. The van der Waals surface area contributed by atoms with Crippen molar-refractivity contribution in [1.82, 2.24) is 0 Å². The molecule has 0 fully saturated rings. The van der Waals surface area contributed by atoms with Crippen molar-refractivity contribution in [1.29, 1.82) is 0 Å². The van der Waals surface area contributed by atoms with Gasteiger partial charge in [0.15, 0.2) is 32.4 Å². The van der Waals surface area contributed by atoms with E-state index in [1.54, 1.807) is 0 Å². The lowest BCUT2D eigenvalue weighted by Crippen LogP contribution is -2.42. The van der Waals surface area contributed by atoms with E-state index in [-0.39, 0.29) is 13.2 Å². The van der Waals surface area contributed by atoms with Crippen molar-refractivity contribution in [3.8, 4) is 0 Å². The molecule has 2 atom stereocenters. The van der Waals surface area contributed by atoms with Crippen molar-refractivity contribution >= 4 is 69.1 Å². The highest BCUT2D eigenvalue weighted by atomic mass is 32.1. The molecule has 0 aromatic carbocycles. The van der Waals surface area contributed by atoms with Crippen LogP contribution < -0.4 is 0 Å². The van der Waals surface area contributed by atoms with E-state index in [0.29, 0.717) is 20.2 Å². The molecule has 0 bridgehead atoms. The van der Waals surface area contributed by atoms with E-state index in [2.05, 4.69) is 27.7 Å². The van der Waals surface area contributed by atoms with Gasteiger partial charge in [-0.05, 0) is 74.6 Å². The van der Waals surface area contributed by atoms with Crippen LogP contribution in [0.3, 0.4) is 0 Å². The number of rotatable bonds is 59. The molecule has 0 spiro atoms. The van der Waals surface area contributed by atoms with E-state index in [1.807, 2.05) is 0 Å². The molecule has 0 aliphatic heterocycles. The maximum absolute atomic E-state index is 6.65.